The number of rotatable bonds is 7. The van der Waals surface area contributed by atoms with Gasteiger partial charge in [0.05, 0.1) is 17.3 Å². The van der Waals surface area contributed by atoms with E-state index in [4.69, 9.17) is 5.10 Å². The minimum absolute atomic E-state index is 0.130. The molecule has 1 fully saturated rings. The molecule has 0 saturated carbocycles. The largest absolute Gasteiger partial charge is 0.367 e. The SMILES string of the molecule is Cc1ccc(-n2nc(C(C)(C)C)cc2NC(=O)Nc2ccc(C(C(=O)c3cc[nH]c3)C3CCNCC3)cc2)cc1. The third-order valence-electron chi connectivity index (χ3n) is 7.55. The molecule has 1 atom stereocenters. The van der Waals surface area contributed by atoms with Crippen LogP contribution in [0.5, 0.6) is 0 Å². The number of Topliss-reactive ketones (excluding diaryl/α,β-unsaturated/α-hetero) is 1. The number of amides is 2. The predicted octanol–water partition coefficient (Wildman–Crippen LogP) is 6.42. The smallest absolute Gasteiger partial charge is 0.324 e. The Balaban J connectivity index is 1.34. The van der Waals surface area contributed by atoms with Gasteiger partial charge in [0, 0.05) is 35.1 Å². The fraction of sp³-hybridized carbons (Fsp3) is 0.344. The Bertz CT molecular complexity index is 1440. The first kappa shape index (κ1) is 27.4. The summed E-state index contributed by atoms with van der Waals surface area (Å²) in [6.07, 6.45) is 5.46. The molecule has 2 aromatic carbocycles. The van der Waals surface area contributed by atoms with Crippen molar-refractivity contribution in [3.8, 4) is 5.69 Å². The van der Waals surface area contributed by atoms with E-state index in [0.717, 1.165) is 48.4 Å². The van der Waals surface area contributed by atoms with Crippen LogP contribution < -0.4 is 16.0 Å². The molecule has 3 heterocycles. The summed E-state index contributed by atoms with van der Waals surface area (Å²) in [4.78, 5) is 29.6. The molecule has 1 unspecified atom stereocenters. The van der Waals surface area contributed by atoms with Crippen molar-refractivity contribution < 1.29 is 9.59 Å². The molecule has 1 aliphatic heterocycles. The van der Waals surface area contributed by atoms with E-state index < -0.39 is 0 Å². The van der Waals surface area contributed by atoms with Gasteiger partial charge in [-0.3, -0.25) is 10.1 Å². The molecule has 1 aliphatic rings. The van der Waals surface area contributed by atoms with Crippen LogP contribution in [0.25, 0.3) is 5.69 Å². The predicted molar refractivity (Wildman–Crippen MR) is 160 cm³/mol. The fourth-order valence-corrected chi connectivity index (χ4v) is 5.24. The van der Waals surface area contributed by atoms with Gasteiger partial charge >= 0.3 is 6.03 Å². The minimum atomic E-state index is -0.361. The van der Waals surface area contributed by atoms with Gasteiger partial charge < -0.3 is 15.6 Å². The van der Waals surface area contributed by atoms with Crippen LogP contribution in [-0.2, 0) is 5.41 Å². The van der Waals surface area contributed by atoms with E-state index in [1.165, 1.54) is 0 Å². The van der Waals surface area contributed by atoms with Crippen molar-refractivity contribution in [3.63, 3.8) is 0 Å². The molecule has 0 aliphatic carbocycles. The number of carbonyl (C=O) groups is 2. The van der Waals surface area contributed by atoms with Gasteiger partial charge in [-0.25, -0.2) is 9.48 Å². The number of aromatic nitrogens is 3. The van der Waals surface area contributed by atoms with Crippen molar-refractivity contribution in [1.82, 2.24) is 20.1 Å². The van der Waals surface area contributed by atoms with Crippen LogP contribution in [0.4, 0.5) is 16.3 Å². The van der Waals surface area contributed by atoms with Crippen molar-refractivity contribution in [3.05, 3.63) is 95.4 Å². The standard InChI is InChI=1S/C32H38N6O2/c1-21-5-11-26(12-6-21)38-28(19-27(37-38)32(2,3)4)36-31(40)35-25-9-7-22(8-10-25)29(23-13-16-33-17-14-23)30(39)24-15-18-34-20-24/h5-12,15,18-20,23,29,33-34H,13-14,16-17H2,1-4H3,(H2,35,36,40). The first-order valence-electron chi connectivity index (χ1n) is 13.9. The highest BCUT2D eigenvalue weighted by atomic mass is 16.2. The molecule has 1 saturated heterocycles. The summed E-state index contributed by atoms with van der Waals surface area (Å²) in [7, 11) is 0. The summed E-state index contributed by atoms with van der Waals surface area (Å²) in [6.45, 7) is 10.2. The summed E-state index contributed by atoms with van der Waals surface area (Å²) in [5.74, 6) is 0.766. The lowest BCUT2D eigenvalue weighted by molar-refractivity contribution is 0.0916. The zero-order valence-electron chi connectivity index (χ0n) is 23.6. The Kier molecular flexibility index (Phi) is 7.89. The van der Waals surface area contributed by atoms with Crippen LogP contribution in [0.15, 0.2) is 73.1 Å². The molecular formula is C32H38N6O2. The number of aromatic amines is 1. The lowest BCUT2D eigenvalue weighted by Crippen LogP contribution is -2.33. The van der Waals surface area contributed by atoms with E-state index >= 15 is 0 Å². The first-order valence-corrected chi connectivity index (χ1v) is 13.9. The van der Waals surface area contributed by atoms with Crippen LogP contribution in [-0.4, -0.2) is 39.7 Å². The van der Waals surface area contributed by atoms with Crippen molar-refractivity contribution in [2.45, 2.75) is 51.9 Å². The van der Waals surface area contributed by atoms with Crippen molar-refractivity contribution in [1.29, 1.82) is 0 Å². The van der Waals surface area contributed by atoms with Crippen LogP contribution in [0.2, 0.25) is 0 Å². The lowest BCUT2D eigenvalue weighted by Gasteiger charge is -2.30. The number of nitrogens with zero attached hydrogens (tertiary/aromatic N) is 2. The second-order valence-corrected chi connectivity index (χ2v) is 11.6. The fourth-order valence-electron chi connectivity index (χ4n) is 5.24. The highest BCUT2D eigenvalue weighted by Gasteiger charge is 2.32. The summed E-state index contributed by atoms with van der Waals surface area (Å²) >= 11 is 0. The van der Waals surface area contributed by atoms with Crippen LogP contribution in [0, 0.1) is 12.8 Å². The van der Waals surface area contributed by atoms with Gasteiger partial charge in [-0.2, -0.15) is 5.10 Å². The second kappa shape index (κ2) is 11.5. The molecule has 8 nitrogen and oxygen atoms in total. The van der Waals surface area contributed by atoms with Gasteiger partial charge in [-0.05, 0) is 74.7 Å². The number of benzene rings is 2. The van der Waals surface area contributed by atoms with Crippen molar-refractivity contribution in [2.75, 3.05) is 23.7 Å². The molecule has 4 aromatic rings. The molecule has 40 heavy (non-hydrogen) atoms. The van der Waals surface area contributed by atoms with Gasteiger partial charge in [-0.1, -0.05) is 50.6 Å². The summed E-state index contributed by atoms with van der Waals surface area (Å²) in [6, 6.07) is 19.1. The number of hydrogen-bond acceptors (Lipinski definition) is 4. The summed E-state index contributed by atoms with van der Waals surface area (Å²) in [5.41, 5.74) is 5.04. The maximum atomic E-state index is 13.5. The number of anilines is 2. The van der Waals surface area contributed by atoms with Gasteiger partial charge in [0.15, 0.2) is 5.78 Å². The van der Waals surface area contributed by atoms with E-state index in [1.807, 2.05) is 67.6 Å². The van der Waals surface area contributed by atoms with E-state index in [-0.39, 0.29) is 29.1 Å². The number of urea groups is 1. The molecule has 0 bridgehead atoms. The monoisotopic (exact) mass is 538 g/mol. The van der Waals surface area contributed by atoms with E-state index in [1.54, 1.807) is 17.1 Å². The first-order chi connectivity index (χ1) is 19.2. The maximum absolute atomic E-state index is 13.5. The third kappa shape index (κ3) is 6.18. The summed E-state index contributed by atoms with van der Waals surface area (Å²) < 4.78 is 1.76. The molecule has 4 N–H and O–H groups in total. The van der Waals surface area contributed by atoms with Gasteiger partial charge in [0.2, 0.25) is 0 Å². The third-order valence-corrected chi connectivity index (χ3v) is 7.55. The number of carbonyl (C=O) groups excluding carboxylic acids is 2. The molecule has 208 valence electrons. The topological polar surface area (TPSA) is 104 Å². The highest BCUT2D eigenvalue weighted by Crippen LogP contribution is 2.35. The van der Waals surface area contributed by atoms with E-state index in [2.05, 4.69) is 41.7 Å². The van der Waals surface area contributed by atoms with E-state index in [9.17, 15) is 9.59 Å². The second-order valence-electron chi connectivity index (χ2n) is 11.6. The Hall–Kier alpha value is -4.17. The van der Waals surface area contributed by atoms with Gasteiger partial charge in [0.1, 0.15) is 5.82 Å². The molecule has 0 spiro atoms. The lowest BCUT2D eigenvalue weighted by atomic mass is 9.76. The van der Waals surface area contributed by atoms with Crippen LogP contribution in [0.3, 0.4) is 0 Å². The number of H-pyrrole nitrogens is 1. The molecule has 8 heteroatoms. The quantitative estimate of drug-likeness (QED) is 0.204. The number of hydrogen-bond donors (Lipinski definition) is 4. The Morgan fingerprint density at radius 2 is 1.68 bits per heavy atom. The number of piperidine rings is 1. The molecule has 5 rings (SSSR count). The average molecular weight is 539 g/mol. The minimum Gasteiger partial charge on any atom is -0.367 e. The zero-order chi connectivity index (χ0) is 28.3. The molecule has 2 amide bonds. The normalized spacial score (nSPS) is 15.0. The van der Waals surface area contributed by atoms with Crippen LogP contribution >= 0.6 is 0 Å². The van der Waals surface area contributed by atoms with Crippen LogP contribution in [0.1, 0.15) is 66.7 Å². The molecular weight excluding hydrogens is 500 g/mol. The Labute approximate surface area is 235 Å². The maximum Gasteiger partial charge on any atom is 0.324 e. The number of aryl methyl sites for hydroxylation is 1. The van der Waals surface area contributed by atoms with Gasteiger partial charge in [0.25, 0.3) is 0 Å². The average Bonchev–Trinajstić information content (AvgIpc) is 3.62. The van der Waals surface area contributed by atoms with E-state index in [0.29, 0.717) is 17.1 Å². The number of ketones is 1. The highest BCUT2D eigenvalue weighted by molar-refractivity contribution is 6.01. The summed E-state index contributed by atoms with van der Waals surface area (Å²) in [5, 5.41) is 14.1. The van der Waals surface area contributed by atoms with Gasteiger partial charge in [-0.15, -0.1) is 0 Å². The Morgan fingerprint density at radius 1 is 0.975 bits per heavy atom. The van der Waals surface area contributed by atoms with Crippen molar-refractivity contribution >= 4 is 23.3 Å². The number of nitrogens with one attached hydrogen (secondary N) is 4. The molecule has 2 aromatic heterocycles. The zero-order valence-corrected chi connectivity index (χ0v) is 23.6. The Morgan fingerprint density at radius 3 is 2.30 bits per heavy atom. The molecule has 0 radical (unpaired) electrons. The van der Waals surface area contributed by atoms with Crippen molar-refractivity contribution in [2.24, 2.45) is 5.92 Å².